The summed E-state index contributed by atoms with van der Waals surface area (Å²) in [6, 6.07) is 8.22. The average molecular weight is 459 g/mol. The van der Waals surface area contributed by atoms with Gasteiger partial charge in [0.1, 0.15) is 23.5 Å². The van der Waals surface area contributed by atoms with E-state index in [1.165, 1.54) is 12.1 Å². The summed E-state index contributed by atoms with van der Waals surface area (Å²) in [5.41, 5.74) is 2.85. The SMILES string of the molecule is CS(=O)N1CCC(Nc2nccc(-c3c(-c4ccc(F)cc4)nc4occn34)n2)CC1.O. The van der Waals surface area contributed by atoms with Crippen molar-refractivity contribution in [3.05, 3.63) is 54.8 Å². The molecule has 1 saturated heterocycles. The lowest BCUT2D eigenvalue weighted by molar-refractivity contribution is 0.346. The highest BCUT2D eigenvalue weighted by atomic mass is 32.2. The Balaban J connectivity index is 0.00000245. The maximum absolute atomic E-state index is 13.4. The number of fused-ring (bicyclic) bond motifs is 1. The summed E-state index contributed by atoms with van der Waals surface area (Å²) in [6.45, 7) is 1.54. The molecule has 1 aromatic carbocycles. The molecule has 3 aromatic heterocycles. The summed E-state index contributed by atoms with van der Waals surface area (Å²) in [5.74, 6) is 0.652. The van der Waals surface area contributed by atoms with E-state index in [1.807, 2.05) is 14.8 Å². The van der Waals surface area contributed by atoms with Crippen molar-refractivity contribution in [2.45, 2.75) is 18.9 Å². The van der Waals surface area contributed by atoms with Crippen LogP contribution in [-0.2, 0) is 11.0 Å². The van der Waals surface area contributed by atoms with Crippen LogP contribution in [0.5, 0.6) is 0 Å². The first kappa shape index (κ1) is 22.1. The maximum Gasteiger partial charge on any atom is 0.306 e. The molecule has 0 aliphatic carbocycles. The number of piperidine rings is 1. The smallest absolute Gasteiger partial charge is 0.306 e. The molecule has 9 nitrogen and oxygen atoms in total. The monoisotopic (exact) mass is 458 g/mol. The number of halogens is 1. The third-order valence-corrected chi connectivity index (χ3v) is 6.52. The van der Waals surface area contributed by atoms with E-state index in [2.05, 4.69) is 15.3 Å². The van der Waals surface area contributed by atoms with Gasteiger partial charge in [0, 0.05) is 43.3 Å². The fraction of sp³-hybridized carbons (Fsp3) is 0.286. The highest BCUT2D eigenvalue weighted by Crippen LogP contribution is 2.32. The molecule has 168 valence electrons. The zero-order chi connectivity index (χ0) is 21.4. The highest BCUT2D eigenvalue weighted by molar-refractivity contribution is 7.81. The van der Waals surface area contributed by atoms with E-state index in [0.29, 0.717) is 23.2 Å². The van der Waals surface area contributed by atoms with Crippen molar-refractivity contribution in [2.24, 2.45) is 0 Å². The van der Waals surface area contributed by atoms with Crippen LogP contribution in [0.1, 0.15) is 12.8 Å². The number of nitrogens with one attached hydrogen (secondary N) is 1. The van der Waals surface area contributed by atoms with Crippen molar-refractivity contribution in [1.29, 1.82) is 0 Å². The standard InChI is InChI=1S/C21H21FN6O2S.H2O/c1-31(29)27-10-7-16(8-11-27)24-20-23-9-6-17(25-20)19-18(14-2-4-15(22)5-3-14)26-21-28(19)12-13-30-21;/h2-6,9,12-13,16H,7-8,10-11H2,1H3,(H,23,24,25);1H2. The van der Waals surface area contributed by atoms with Gasteiger partial charge in [-0.1, -0.05) is 0 Å². The van der Waals surface area contributed by atoms with Crippen LogP contribution in [0.4, 0.5) is 10.3 Å². The van der Waals surface area contributed by atoms with Crippen LogP contribution in [0.25, 0.3) is 28.5 Å². The van der Waals surface area contributed by atoms with Crippen LogP contribution in [0.2, 0.25) is 0 Å². The van der Waals surface area contributed by atoms with Crippen molar-refractivity contribution >= 4 is 22.8 Å². The van der Waals surface area contributed by atoms with Crippen LogP contribution in [0.3, 0.4) is 0 Å². The lowest BCUT2D eigenvalue weighted by Gasteiger charge is -2.30. The lowest BCUT2D eigenvalue weighted by Crippen LogP contribution is -2.39. The van der Waals surface area contributed by atoms with Gasteiger partial charge in [0.05, 0.1) is 16.7 Å². The topological polar surface area (TPSA) is 120 Å². The summed E-state index contributed by atoms with van der Waals surface area (Å²) >= 11 is 0. The molecule has 5 rings (SSSR count). The van der Waals surface area contributed by atoms with E-state index < -0.39 is 11.0 Å². The zero-order valence-corrected chi connectivity index (χ0v) is 18.2. The molecule has 0 amide bonds. The number of rotatable bonds is 5. The van der Waals surface area contributed by atoms with Crippen molar-refractivity contribution in [3.63, 3.8) is 0 Å². The summed E-state index contributed by atoms with van der Waals surface area (Å²) < 4.78 is 34.3. The number of imidazole rings is 1. The van der Waals surface area contributed by atoms with Crippen molar-refractivity contribution < 1.29 is 18.5 Å². The van der Waals surface area contributed by atoms with Crippen LogP contribution >= 0.6 is 0 Å². The predicted octanol–water partition coefficient (Wildman–Crippen LogP) is 2.54. The van der Waals surface area contributed by atoms with Crippen molar-refractivity contribution in [2.75, 3.05) is 24.7 Å². The van der Waals surface area contributed by atoms with Crippen LogP contribution in [0.15, 0.2) is 53.4 Å². The van der Waals surface area contributed by atoms with Gasteiger partial charge in [0.15, 0.2) is 0 Å². The number of aromatic nitrogens is 4. The first-order chi connectivity index (χ1) is 15.1. The molecule has 1 atom stereocenters. The van der Waals surface area contributed by atoms with Crippen LogP contribution in [-0.4, -0.2) is 58.7 Å². The third-order valence-electron chi connectivity index (χ3n) is 5.43. The first-order valence-electron chi connectivity index (χ1n) is 9.98. The minimum atomic E-state index is -0.937. The van der Waals surface area contributed by atoms with Gasteiger partial charge in [-0.25, -0.2) is 22.9 Å². The normalized spacial score (nSPS) is 16.1. The average Bonchev–Trinajstić information content (AvgIpc) is 3.36. The van der Waals surface area contributed by atoms with Gasteiger partial charge in [-0.15, -0.1) is 0 Å². The molecule has 0 radical (unpaired) electrons. The van der Waals surface area contributed by atoms with Gasteiger partial charge in [0.2, 0.25) is 5.95 Å². The van der Waals surface area contributed by atoms with E-state index >= 15 is 0 Å². The maximum atomic E-state index is 13.4. The molecule has 4 aromatic rings. The summed E-state index contributed by atoms with van der Waals surface area (Å²) in [4.78, 5) is 13.7. The Hall–Kier alpha value is -3.15. The third kappa shape index (κ3) is 4.27. The minimum Gasteiger partial charge on any atom is -0.432 e. The minimum absolute atomic E-state index is 0. The second-order valence-electron chi connectivity index (χ2n) is 7.41. The van der Waals surface area contributed by atoms with Gasteiger partial charge in [-0.3, -0.25) is 4.40 Å². The molecule has 4 heterocycles. The van der Waals surface area contributed by atoms with Crippen LogP contribution < -0.4 is 5.32 Å². The lowest BCUT2D eigenvalue weighted by atomic mass is 10.1. The second kappa shape index (κ2) is 9.15. The molecule has 3 N–H and O–H groups in total. The number of benzene rings is 1. The summed E-state index contributed by atoms with van der Waals surface area (Å²) in [6.07, 6.45) is 8.49. The molecule has 0 spiro atoms. The van der Waals surface area contributed by atoms with Gasteiger partial charge in [-0.05, 0) is 43.2 Å². The van der Waals surface area contributed by atoms with E-state index in [9.17, 15) is 8.60 Å². The van der Waals surface area contributed by atoms with E-state index in [0.717, 1.165) is 37.2 Å². The fourth-order valence-electron chi connectivity index (χ4n) is 3.84. The summed E-state index contributed by atoms with van der Waals surface area (Å²) in [5, 5.41) is 3.40. The fourth-order valence-corrected chi connectivity index (χ4v) is 4.56. The number of hydrogen-bond donors (Lipinski definition) is 1. The molecule has 1 aliphatic heterocycles. The molecular formula is C21H23FN6O3S. The molecule has 1 aliphatic rings. The Morgan fingerprint density at radius 3 is 2.62 bits per heavy atom. The number of anilines is 1. The van der Waals surface area contributed by atoms with Gasteiger partial charge in [0.25, 0.3) is 0 Å². The molecule has 0 saturated carbocycles. The quantitative estimate of drug-likeness (QED) is 0.491. The van der Waals surface area contributed by atoms with Gasteiger partial charge >= 0.3 is 5.84 Å². The molecule has 1 unspecified atom stereocenters. The molecule has 11 heteroatoms. The Morgan fingerprint density at radius 1 is 1.16 bits per heavy atom. The first-order valence-corrected chi connectivity index (χ1v) is 11.5. The van der Waals surface area contributed by atoms with E-state index in [1.54, 1.807) is 37.0 Å². The second-order valence-corrected chi connectivity index (χ2v) is 8.77. The zero-order valence-electron chi connectivity index (χ0n) is 17.4. The van der Waals surface area contributed by atoms with E-state index in [4.69, 9.17) is 9.40 Å². The Morgan fingerprint density at radius 2 is 1.91 bits per heavy atom. The number of hydrogen-bond acceptors (Lipinski definition) is 6. The molecule has 32 heavy (non-hydrogen) atoms. The Kier molecular flexibility index (Phi) is 6.31. The molecule has 1 fully saturated rings. The van der Waals surface area contributed by atoms with Crippen molar-refractivity contribution in [1.82, 2.24) is 23.7 Å². The van der Waals surface area contributed by atoms with Gasteiger partial charge < -0.3 is 15.2 Å². The largest absolute Gasteiger partial charge is 0.432 e. The Labute approximate surface area is 186 Å². The highest BCUT2D eigenvalue weighted by Gasteiger charge is 2.23. The van der Waals surface area contributed by atoms with Gasteiger partial charge in [-0.2, -0.15) is 4.98 Å². The summed E-state index contributed by atoms with van der Waals surface area (Å²) in [7, 11) is -0.937. The molecular weight excluding hydrogens is 435 g/mol. The van der Waals surface area contributed by atoms with E-state index in [-0.39, 0.29) is 17.3 Å². The van der Waals surface area contributed by atoms with Crippen molar-refractivity contribution in [3.8, 4) is 22.6 Å². The molecule has 0 bridgehead atoms. The number of oxazole rings is 1. The number of nitrogens with zero attached hydrogens (tertiary/aromatic N) is 5. The Bertz CT molecular complexity index is 1230. The van der Waals surface area contributed by atoms with Crippen LogP contribution in [0, 0.1) is 5.82 Å². The predicted molar refractivity (Wildman–Crippen MR) is 120 cm³/mol.